The number of pyridine rings is 2. The highest BCUT2D eigenvalue weighted by Crippen LogP contribution is 2.26. The first-order chi connectivity index (χ1) is 9.70. The van der Waals surface area contributed by atoms with Crippen molar-refractivity contribution in [3.05, 3.63) is 57.0 Å². The zero-order chi connectivity index (χ0) is 14.4. The van der Waals surface area contributed by atoms with E-state index in [1.165, 1.54) is 5.56 Å². The molecule has 0 fully saturated rings. The Hall–Kier alpha value is -0.780. The van der Waals surface area contributed by atoms with Crippen molar-refractivity contribution < 1.29 is 0 Å². The second-order valence-corrected chi connectivity index (χ2v) is 6.36. The van der Waals surface area contributed by atoms with Gasteiger partial charge in [-0.1, -0.05) is 13.0 Å². The highest BCUT2D eigenvalue weighted by atomic mass is 79.9. The van der Waals surface area contributed by atoms with Crippen molar-refractivity contribution >= 4 is 31.9 Å². The Labute approximate surface area is 136 Å². The van der Waals surface area contributed by atoms with Gasteiger partial charge in [-0.15, -0.1) is 0 Å². The van der Waals surface area contributed by atoms with Crippen LogP contribution in [0.3, 0.4) is 0 Å². The molecule has 2 aromatic heterocycles. The number of rotatable bonds is 6. The predicted molar refractivity (Wildman–Crippen MR) is 88.6 cm³/mol. The summed E-state index contributed by atoms with van der Waals surface area (Å²) < 4.78 is 1.99. The van der Waals surface area contributed by atoms with Crippen LogP contribution in [0.25, 0.3) is 0 Å². The van der Waals surface area contributed by atoms with Gasteiger partial charge in [-0.05, 0) is 68.9 Å². The van der Waals surface area contributed by atoms with E-state index in [9.17, 15) is 0 Å². The van der Waals surface area contributed by atoms with Gasteiger partial charge in [0.05, 0.1) is 11.7 Å². The molecule has 106 valence electrons. The van der Waals surface area contributed by atoms with Gasteiger partial charge in [0.15, 0.2) is 0 Å². The highest BCUT2D eigenvalue weighted by molar-refractivity contribution is 9.11. The van der Waals surface area contributed by atoms with Gasteiger partial charge in [0.1, 0.15) is 0 Å². The minimum absolute atomic E-state index is 0.182. The number of nitrogens with zero attached hydrogens (tertiary/aromatic N) is 2. The number of hydrogen-bond acceptors (Lipinski definition) is 3. The van der Waals surface area contributed by atoms with E-state index >= 15 is 0 Å². The predicted octanol–water partition coefficient (Wildman–Crippen LogP) is 4.29. The van der Waals surface area contributed by atoms with Crippen LogP contribution < -0.4 is 5.32 Å². The van der Waals surface area contributed by atoms with E-state index in [0.29, 0.717) is 0 Å². The minimum Gasteiger partial charge on any atom is -0.308 e. The van der Waals surface area contributed by atoms with Crippen LogP contribution in [0, 0.1) is 0 Å². The zero-order valence-electron chi connectivity index (χ0n) is 11.3. The minimum atomic E-state index is 0.182. The van der Waals surface area contributed by atoms with Crippen LogP contribution in [0.5, 0.6) is 0 Å². The van der Waals surface area contributed by atoms with Gasteiger partial charge in [0.2, 0.25) is 0 Å². The maximum Gasteiger partial charge on any atom is 0.0719 e. The Kier molecular flexibility index (Phi) is 6.13. The van der Waals surface area contributed by atoms with Crippen molar-refractivity contribution in [3.63, 3.8) is 0 Å². The second kappa shape index (κ2) is 7.86. The summed E-state index contributed by atoms with van der Waals surface area (Å²) in [6.07, 6.45) is 7.52. The smallest absolute Gasteiger partial charge is 0.0719 e. The lowest BCUT2D eigenvalue weighted by Gasteiger charge is -2.19. The van der Waals surface area contributed by atoms with Crippen LogP contribution in [-0.2, 0) is 6.42 Å². The van der Waals surface area contributed by atoms with E-state index in [1.54, 1.807) is 6.20 Å². The number of hydrogen-bond donors (Lipinski definition) is 1. The normalized spacial score (nSPS) is 12.3. The molecule has 0 spiro atoms. The molecule has 0 aliphatic rings. The van der Waals surface area contributed by atoms with Crippen molar-refractivity contribution in [2.75, 3.05) is 6.54 Å². The van der Waals surface area contributed by atoms with Crippen molar-refractivity contribution in [3.8, 4) is 0 Å². The van der Waals surface area contributed by atoms with Gasteiger partial charge in [-0.3, -0.25) is 9.97 Å². The van der Waals surface area contributed by atoms with E-state index in [2.05, 4.69) is 60.1 Å². The molecule has 1 N–H and O–H groups in total. The lowest BCUT2D eigenvalue weighted by Crippen LogP contribution is -2.25. The molecule has 0 amide bonds. The van der Waals surface area contributed by atoms with Gasteiger partial charge in [0, 0.05) is 27.5 Å². The van der Waals surface area contributed by atoms with Crippen LogP contribution in [0.2, 0.25) is 0 Å². The van der Waals surface area contributed by atoms with Crippen LogP contribution in [0.1, 0.15) is 30.6 Å². The molecular formula is C15H17Br2N3. The van der Waals surface area contributed by atoms with Gasteiger partial charge < -0.3 is 5.32 Å². The second-order valence-electron chi connectivity index (χ2n) is 4.59. The molecule has 1 atom stereocenters. The molecule has 0 bridgehead atoms. The topological polar surface area (TPSA) is 37.8 Å². The number of aromatic nitrogens is 2. The molecule has 0 saturated carbocycles. The molecule has 0 radical (unpaired) electrons. The van der Waals surface area contributed by atoms with Crippen LogP contribution in [0.15, 0.2) is 45.7 Å². The summed E-state index contributed by atoms with van der Waals surface area (Å²) in [7, 11) is 0. The van der Waals surface area contributed by atoms with E-state index in [1.807, 2.05) is 24.5 Å². The molecule has 20 heavy (non-hydrogen) atoms. The summed E-state index contributed by atoms with van der Waals surface area (Å²) in [5.41, 5.74) is 2.24. The fraction of sp³-hybridized carbons (Fsp3) is 0.333. The Bertz CT molecular complexity index is 546. The third-order valence-electron chi connectivity index (χ3n) is 2.97. The molecule has 2 heterocycles. The monoisotopic (exact) mass is 397 g/mol. The third-order valence-corrected chi connectivity index (χ3v) is 4.04. The summed E-state index contributed by atoms with van der Waals surface area (Å²) in [6, 6.07) is 6.28. The Morgan fingerprint density at radius 1 is 1.30 bits per heavy atom. The molecule has 2 rings (SSSR count). The summed E-state index contributed by atoms with van der Waals surface area (Å²) in [5.74, 6) is 0. The molecule has 0 aliphatic heterocycles. The maximum absolute atomic E-state index is 4.55. The summed E-state index contributed by atoms with van der Waals surface area (Å²) in [5, 5.41) is 3.56. The van der Waals surface area contributed by atoms with Crippen molar-refractivity contribution in [2.24, 2.45) is 0 Å². The quantitative estimate of drug-likeness (QED) is 0.788. The van der Waals surface area contributed by atoms with Crippen molar-refractivity contribution in [1.29, 1.82) is 0 Å². The summed E-state index contributed by atoms with van der Waals surface area (Å²) in [6.45, 7) is 3.13. The van der Waals surface area contributed by atoms with E-state index in [-0.39, 0.29) is 6.04 Å². The van der Waals surface area contributed by atoms with Gasteiger partial charge in [0.25, 0.3) is 0 Å². The van der Waals surface area contributed by atoms with Crippen LogP contribution in [0.4, 0.5) is 0 Å². The Balaban J connectivity index is 2.22. The highest BCUT2D eigenvalue weighted by Gasteiger charge is 2.16. The molecular weight excluding hydrogens is 382 g/mol. The van der Waals surface area contributed by atoms with Crippen LogP contribution in [-0.4, -0.2) is 16.5 Å². The lowest BCUT2D eigenvalue weighted by atomic mass is 10.0. The number of nitrogens with one attached hydrogen (secondary N) is 1. The average molecular weight is 399 g/mol. The first kappa shape index (κ1) is 15.6. The van der Waals surface area contributed by atoms with Crippen molar-refractivity contribution in [1.82, 2.24) is 15.3 Å². The first-order valence-corrected chi connectivity index (χ1v) is 8.22. The van der Waals surface area contributed by atoms with Crippen LogP contribution >= 0.6 is 31.9 Å². The zero-order valence-corrected chi connectivity index (χ0v) is 14.5. The van der Waals surface area contributed by atoms with E-state index < -0.39 is 0 Å². The molecule has 2 aromatic rings. The average Bonchev–Trinajstić information content (AvgIpc) is 2.45. The Morgan fingerprint density at radius 3 is 2.80 bits per heavy atom. The van der Waals surface area contributed by atoms with Gasteiger partial charge in [-0.2, -0.15) is 0 Å². The maximum atomic E-state index is 4.55. The van der Waals surface area contributed by atoms with Gasteiger partial charge in [-0.25, -0.2) is 0 Å². The summed E-state index contributed by atoms with van der Waals surface area (Å²) in [4.78, 5) is 8.73. The molecule has 0 saturated heterocycles. The SMILES string of the molecule is CCCNC(Cc1cccnc1)c1ncc(Br)cc1Br. The molecule has 0 aliphatic carbocycles. The van der Waals surface area contributed by atoms with E-state index in [0.717, 1.165) is 34.0 Å². The number of halogens is 2. The Morgan fingerprint density at radius 2 is 2.15 bits per heavy atom. The summed E-state index contributed by atoms with van der Waals surface area (Å²) >= 11 is 7.05. The fourth-order valence-electron chi connectivity index (χ4n) is 2.02. The first-order valence-electron chi connectivity index (χ1n) is 6.64. The third kappa shape index (κ3) is 4.36. The molecule has 3 nitrogen and oxygen atoms in total. The molecule has 1 unspecified atom stereocenters. The molecule has 5 heteroatoms. The van der Waals surface area contributed by atoms with E-state index in [4.69, 9.17) is 0 Å². The lowest BCUT2D eigenvalue weighted by molar-refractivity contribution is 0.515. The largest absolute Gasteiger partial charge is 0.308 e. The molecule has 0 aromatic carbocycles. The van der Waals surface area contributed by atoms with Gasteiger partial charge >= 0.3 is 0 Å². The van der Waals surface area contributed by atoms with Crippen molar-refractivity contribution in [2.45, 2.75) is 25.8 Å². The fourth-order valence-corrected chi connectivity index (χ4v) is 3.28. The standard InChI is InChI=1S/C15H17Br2N3/c1-2-5-19-14(7-11-4-3-6-18-9-11)15-13(17)8-12(16)10-20-15/h3-4,6,8-10,14,19H,2,5,7H2,1H3.